The van der Waals surface area contributed by atoms with Gasteiger partial charge in [-0.1, -0.05) is 44.2 Å². The standard InChI is InChI=1S/C14H17N3/c1-10-13(14(10,2)3)12-9-17(16-15-12)11-7-5-4-6-8-11/h4-10,13H,1-3H3/t10-,13+/m0/s1. The van der Waals surface area contributed by atoms with Crippen molar-refractivity contribution in [3.05, 3.63) is 42.2 Å². The highest BCUT2D eigenvalue weighted by atomic mass is 15.4. The Morgan fingerprint density at radius 2 is 1.82 bits per heavy atom. The minimum Gasteiger partial charge on any atom is -0.220 e. The molecular formula is C14H17N3. The van der Waals surface area contributed by atoms with Crippen molar-refractivity contribution < 1.29 is 0 Å². The molecule has 0 spiro atoms. The summed E-state index contributed by atoms with van der Waals surface area (Å²) in [5.41, 5.74) is 2.56. The van der Waals surface area contributed by atoms with Crippen molar-refractivity contribution in [2.24, 2.45) is 11.3 Å². The van der Waals surface area contributed by atoms with Crippen molar-refractivity contribution in [1.82, 2.24) is 15.0 Å². The van der Waals surface area contributed by atoms with Gasteiger partial charge in [-0.15, -0.1) is 5.10 Å². The molecule has 2 atom stereocenters. The van der Waals surface area contributed by atoms with Gasteiger partial charge in [0.25, 0.3) is 0 Å². The van der Waals surface area contributed by atoms with Gasteiger partial charge in [0, 0.05) is 5.92 Å². The fraction of sp³-hybridized carbons (Fsp3) is 0.429. The molecule has 1 aliphatic carbocycles. The Kier molecular flexibility index (Phi) is 2.12. The molecule has 17 heavy (non-hydrogen) atoms. The molecule has 0 unspecified atom stereocenters. The molecule has 1 aromatic heterocycles. The number of rotatable bonds is 2. The normalized spacial score (nSPS) is 25.8. The summed E-state index contributed by atoms with van der Waals surface area (Å²) in [7, 11) is 0. The summed E-state index contributed by atoms with van der Waals surface area (Å²) in [5.74, 6) is 1.25. The highest BCUT2D eigenvalue weighted by Gasteiger charge is 2.56. The second-order valence-electron chi connectivity index (χ2n) is 5.51. The molecule has 2 aromatic rings. The van der Waals surface area contributed by atoms with Crippen LogP contribution >= 0.6 is 0 Å². The molecule has 0 amide bonds. The number of hydrogen-bond acceptors (Lipinski definition) is 2. The first kappa shape index (κ1) is 10.5. The molecule has 1 heterocycles. The molecule has 0 saturated heterocycles. The zero-order valence-corrected chi connectivity index (χ0v) is 10.5. The molecule has 0 N–H and O–H groups in total. The minimum absolute atomic E-state index is 0.373. The third-order valence-electron chi connectivity index (χ3n) is 4.22. The second-order valence-corrected chi connectivity index (χ2v) is 5.51. The SMILES string of the molecule is C[C@H]1[C@H](c2cn(-c3ccccc3)nn2)C1(C)C. The first-order valence-electron chi connectivity index (χ1n) is 6.08. The lowest BCUT2D eigenvalue weighted by molar-refractivity contribution is 0.573. The smallest absolute Gasteiger partial charge is 0.0871 e. The van der Waals surface area contributed by atoms with E-state index in [0.717, 1.165) is 11.4 Å². The molecule has 0 radical (unpaired) electrons. The number of hydrogen-bond donors (Lipinski definition) is 0. The van der Waals surface area contributed by atoms with E-state index in [1.807, 2.05) is 35.0 Å². The van der Waals surface area contributed by atoms with Gasteiger partial charge in [0.1, 0.15) is 0 Å². The van der Waals surface area contributed by atoms with E-state index in [9.17, 15) is 0 Å². The Morgan fingerprint density at radius 3 is 2.41 bits per heavy atom. The lowest BCUT2D eigenvalue weighted by atomic mass is 10.1. The van der Waals surface area contributed by atoms with E-state index in [4.69, 9.17) is 0 Å². The van der Waals surface area contributed by atoms with Crippen LogP contribution in [0, 0.1) is 11.3 Å². The number of aromatic nitrogens is 3. The second kappa shape index (κ2) is 3.42. The van der Waals surface area contributed by atoms with Gasteiger partial charge in [0.05, 0.1) is 17.6 Å². The molecule has 1 fully saturated rings. The molecule has 88 valence electrons. The maximum atomic E-state index is 4.31. The van der Waals surface area contributed by atoms with Gasteiger partial charge >= 0.3 is 0 Å². The van der Waals surface area contributed by atoms with Gasteiger partial charge in [-0.05, 0) is 23.5 Å². The van der Waals surface area contributed by atoms with E-state index >= 15 is 0 Å². The molecule has 1 saturated carbocycles. The Hall–Kier alpha value is -1.64. The monoisotopic (exact) mass is 227 g/mol. The Labute approximate surface area is 101 Å². The van der Waals surface area contributed by atoms with Crippen molar-refractivity contribution >= 4 is 0 Å². The van der Waals surface area contributed by atoms with Crippen molar-refractivity contribution in [3.63, 3.8) is 0 Å². The summed E-state index contributed by atoms with van der Waals surface area (Å²) >= 11 is 0. The third kappa shape index (κ3) is 1.57. The molecular weight excluding hydrogens is 210 g/mol. The predicted octanol–water partition coefficient (Wildman–Crippen LogP) is 3.03. The van der Waals surface area contributed by atoms with Crippen LogP contribution in [0.1, 0.15) is 32.4 Å². The first-order chi connectivity index (χ1) is 8.10. The third-order valence-corrected chi connectivity index (χ3v) is 4.22. The van der Waals surface area contributed by atoms with Crippen LogP contribution in [0.5, 0.6) is 0 Å². The summed E-state index contributed by atoms with van der Waals surface area (Å²) in [6.07, 6.45) is 2.06. The molecule has 3 nitrogen and oxygen atoms in total. The minimum atomic E-state index is 0.373. The topological polar surface area (TPSA) is 30.7 Å². The van der Waals surface area contributed by atoms with Gasteiger partial charge in [-0.2, -0.15) is 0 Å². The van der Waals surface area contributed by atoms with Crippen molar-refractivity contribution in [1.29, 1.82) is 0 Å². The summed E-state index contributed by atoms with van der Waals surface area (Å²) in [6, 6.07) is 10.1. The summed E-state index contributed by atoms with van der Waals surface area (Å²) in [4.78, 5) is 0. The van der Waals surface area contributed by atoms with Gasteiger partial charge in [-0.3, -0.25) is 0 Å². The molecule has 1 aromatic carbocycles. The highest BCUT2D eigenvalue weighted by molar-refractivity contribution is 5.31. The number of benzene rings is 1. The van der Waals surface area contributed by atoms with E-state index in [0.29, 0.717) is 17.3 Å². The quantitative estimate of drug-likeness (QED) is 0.789. The summed E-state index contributed by atoms with van der Waals surface area (Å²) in [6.45, 7) is 6.87. The van der Waals surface area contributed by atoms with Gasteiger partial charge in [0.2, 0.25) is 0 Å². The van der Waals surface area contributed by atoms with Gasteiger partial charge in [0.15, 0.2) is 0 Å². The zero-order chi connectivity index (χ0) is 12.0. The summed E-state index contributed by atoms with van der Waals surface area (Å²) in [5, 5.41) is 8.53. The van der Waals surface area contributed by atoms with E-state index in [1.165, 1.54) is 0 Å². The average molecular weight is 227 g/mol. The van der Waals surface area contributed by atoms with Crippen LogP contribution in [0.4, 0.5) is 0 Å². The van der Waals surface area contributed by atoms with Gasteiger partial charge in [-0.25, -0.2) is 4.68 Å². The first-order valence-corrected chi connectivity index (χ1v) is 6.08. The Bertz CT molecular complexity index is 527. The molecule has 1 aliphatic rings. The van der Waals surface area contributed by atoms with E-state index in [1.54, 1.807) is 0 Å². The van der Waals surface area contributed by atoms with Crippen molar-refractivity contribution in [2.45, 2.75) is 26.7 Å². The summed E-state index contributed by atoms with van der Waals surface area (Å²) < 4.78 is 1.86. The average Bonchev–Trinajstić information content (AvgIpc) is 2.72. The maximum Gasteiger partial charge on any atom is 0.0871 e. The lowest BCUT2D eigenvalue weighted by Crippen LogP contribution is -1.93. The Morgan fingerprint density at radius 1 is 1.18 bits per heavy atom. The molecule has 3 rings (SSSR count). The van der Waals surface area contributed by atoms with Crippen LogP contribution in [-0.4, -0.2) is 15.0 Å². The predicted molar refractivity (Wildman–Crippen MR) is 67.0 cm³/mol. The van der Waals surface area contributed by atoms with Crippen molar-refractivity contribution in [2.75, 3.05) is 0 Å². The van der Waals surface area contributed by atoms with E-state index < -0.39 is 0 Å². The maximum absolute atomic E-state index is 4.31. The van der Waals surface area contributed by atoms with Crippen LogP contribution in [0.3, 0.4) is 0 Å². The van der Waals surface area contributed by atoms with Gasteiger partial charge < -0.3 is 0 Å². The van der Waals surface area contributed by atoms with E-state index in [2.05, 4.69) is 37.3 Å². The lowest BCUT2D eigenvalue weighted by Gasteiger charge is -1.98. The largest absolute Gasteiger partial charge is 0.220 e. The zero-order valence-electron chi connectivity index (χ0n) is 10.5. The van der Waals surface area contributed by atoms with E-state index in [-0.39, 0.29) is 0 Å². The fourth-order valence-corrected chi connectivity index (χ4v) is 2.66. The number of para-hydroxylation sites is 1. The number of nitrogens with zero attached hydrogens (tertiary/aromatic N) is 3. The Balaban J connectivity index is 1.90. The molecule has 0 bridgehead atoms. The van der Waals surface area contributed by atoms with Crippen LogP contribution in [0.25, 0.3) is 5.69 Å². The van der Waals surface area contributed by atoms with Crippen LogP contribution in [0.2, 0.25) is 0 Å². The highest BCUT2D eigenvalue weighted by Crippen LogP contribution is 2.63. The van der Waals surface area contributed by atoms with Crippen LogP contribution in [0.15, 0.2) is 36.5 Å². The molecule has 3 heteroatoms. The molecule has 0 aliphatic heterocycles. The van der Waals surface area contributed by atoms with Crippen LogP contribution in [-0.2, 0) is 0 Å². The fourth-order valence-electron chi connectivity index (χ4n) is 2.66. The van der Waals surface area contributed by atoms with Crippen LogP contribution < -0.4 is 0 Å². The van der Waals surface area contributed by atoms with Crippen molar-refractivity contribution in [3.8, 4) is 5.69 Å².